The van der Waals surface area contributed by atoms with Crippen LogP contribution in [0.4, 0.5) is 11.4 Å². The molecule has 0 saturated heterocycles. The summed E-state index contributed by atoms with van der Waals surface area (Å²) >= 11 is 6.28. The largest absolute Gasteiger partial charge is 0.348 e. The van der Waals surface area contributed by atoms with E-state index in [1.807, 2.05) is 30.3 Å². The van der Waals surface area contributed by atoms with Crippen molar-refractivity contribution in [3.05, 3.63) is 125 Å². The van der Waals surface area contributed by atoms with Crippen molar-refractivity contribution in [3.8, 4) is 0 Å². The Morgan fingerprint density at radius 1 is 0.842 bits per heavy atom. The number of anilines is 2. The summed E-state index contributed by atoms with van der Waals surface area (Å²) < 4.78 is 28.1. The smallest absolute Gasteiger partial charge is 0.264 e. The molecule has 0 aromatic heterocycles. The SMILES string of the molecule is Cc1ccc(N(CC(=O)Nc2ccccc2C(=O)NCc2ccccc2)S(=O)(=O)c2ccccc2)cc1Cl. The molecule has 7 nitrogen and oxygen atoms in total. The first-order chi connectivity index (χ1) is 18.3. The molecular weight excluding hydrogens is 522 g/mol. The number of sulfonamides is 1. The van der Waals surface area contributed by atoms with Gasteiger partial charge in [-0.2, -0.15) is 0 Å². The monoisotopic (exact) mass is 547 g/mol. The molecule has 38 heavy (non-hydrogen) atoms. The number of amides is 2. The van der Waals surface area contributed by atoms with Gasteiger partial charge >= 0.3 is 0 Å². The van der Waals surface area contributed by atoms with Crippen molar-refractivity contribution in [1.82, 2.24) is 5.32 Å². The Balaban J connectivity index is 1.57. The van der Waals surface area contributed by atoms with Crippen molar-refractivity contribution < 1.29 is 18.0 Å². The molecule has 0 unspecified atom stereocenters. The zero-order chi connectivity index (χ0) is 27.1. The Bertz CT molecular complexity index is 1540. The minimum Gasteiger partial charge on any atom is -0.348 e. The molecule has 4 aromatic carbocycles. The topological polar surface area (TPSA) is 95.6 Å². The molecule has 0 bridgehead atoms. The highest BCUT2D eigenvalue weighted by Gasteiger charge is 2.28. The van der Waals surface area contributed by atoms with Crippen LogP contribution >= 0.6 is 11.6 Å². The molecule has 194 valence electrons. The van der Waals surface area contributed by atoms with E-state index in [2.05, 4.69) is 10.6 Å². The second-order valence-electron chi connectivity index (χ2n) is 8.52. The number of nitrogens with one attached hydrogen (secondary N) is 2. The van der Waals surface area contributed by atoms with Crippen molar-refractivity contribution in [2.75, 3.05) is 16.2 Å². The van der Waals surface area contributed by atoms with E-state index < -0.39 is 22.5 Å². The summed E-state index contributed by atoms with van der Waals surface area (Å²) in [7, 11) is -4.10. The highest BCUT2D eigenvalue weighted by Crippen LogP contribution is 2.28. The molecule has 2 N–H and O–H groups in total. The number of carbonyl (C=O) groups is 2. The minimum atomic E-state index is -4.10. The summed E-state index contributed by atoms with van der Waals surface area (Å²) in [6.07, 6.45) is 0. The number of halogens is 1. The van der Waals surface area contributed by atoms with Gasteiger partial charge in [0.1, 0.15) is 6.54 Å². The third-order valence-corrected chi connectivity index (χ3v) is 8.00. The van der Waals surface area contributed by atoms with Crippen LogP contribution in [-0.4, -0.2) is 26.8 Å². The molecule has 4 aromatic rings. The fourth-order valence-corrected chi connectivity index (χ4v) is 5.36. The maximum absolute atomic E-state index is 13.6. The summed E-state index contributed by atoms with van der Waals surface area (Å²) in [5, 5.41) is 5.91. The van der Waals surface area contributed by atoms with Crippen LogP contribution in [0.5, 0.6) is 0 Å². The van der Waals surface area contributed by atoms with E-state index in [9.17, 15) is 18.0 Å². The van der Waals surface area contributed by atoms with Crippen molar-refractivity contribution in [3.63, 3.8) is 0 Å². The van der Waals surface area contributed by atoms with Gasteiger partial charge in [0.2, 0.25) is 5.91 Å². The lowest BCUT2D eigenvalue weighted by Crippen LogP contribution is -2.38. The Kier molecular flexibility index (Phi) is 8.45. The van der Waals surface area contributed by atoms with Crippen LogP contribution in [0, 0.1) is 6.92 Å². The van der Waals surface area contributed by atoms with Gasteiger partial charge < -0.3 is 10.6 Å². The quantitative estimate of drug-likeness (QED) is 0.293. The van der Waals surface area contributed by atoms with E-state index in [0.29, 0.717) is 11.6 Å². The molecule has 0 saturated carbocycles. The molecular formula is C29H26ClN3O4S. The van der Waals surface area contributed by atoms with Crippen LogP contribution in [0.25, 0.3) is 0 Å². The zero-order valence-electron chi connectivity index (χ0n) is 20.6. The van der Waals surface area contributed by atoms with Gasteiger partial charge in [-0.3, -0.25) is 13.9 Å². The normalized spacial score (nSPS) is 11.0. The first kappa shape index (κ1) is 26.9. The number of para-hydroxylation sites is 1. The van der Waals surface area contributed by atoms with E-state index in [1.165, 1.54) is 18.2 Å². The van der Waals surface area contributed by atoms with E-state index >= 15 is 0 Å². The molecule has 0 aliphatic rings. The lowest BCUT2D eigenvalue weighted by Gasteiger charge is -2.25. The molecule has 0 fully saturated rings. The first-order valence-electron chi connectivity index (χ1n) is 11.8. The summed E-state index contributed by atoms with van der Waals surface area (Å²) in [6.45, 7) is 1.59. The van der Waals surface area contributed by atoms with Crippen molar-refractivity contribution in [2.24, 2.45) is 0 Å². The van der Waals surface area contributed by atoms with Gasteiger partial charge in [-0.1, -0.05) is 78.3 Å². The van der Waals surface area contributed by atoms with E-state index in [1.54, 1.807) is 61.5 Å². The second kappa shape index (κ2) is 11.9. The van der Waals surface area contributed by atoms with Gasteiger partial charge in [0.05, 0.1) is 21.8 Å². The number of aryl methyl sites for hydroxylation is 1. The van der Waals surface area contributed by atoms with E-state index in [-0.39, 0.29) is 27.7 Å². The molecule has 0 atom stereocenters. The third kappa shape index (κ3) is 6.40. The van der Waals surface area contributed by atoms with Crippen LogP contribution in [0.15, 0.2) is 108 Å². The van der Waals surface area contributed by atoms with Gasteiger partial charge in [0, 0.05) is 11.6 Å². The molecule has 0 spiro atoms. The van der Waals surface area contributed by atoms with Gasteiger partial charge in [0.25, 0.3) is 15.9 Å². The second-order valence-corrected chi connectivity index (χ2v) is 10.8. The average molecular weight is 548 g/mol. The highest BCUT2D eigenvalue weighted by molar-refractivity contribution is 7.92. The van der Waals surface area contributed by atoms with E-state index in [4.69, 9.17) is 11.6 Å². The number of carbonyl (C=O) groups excluding carboxylic acids is 2. The van der Waals surface area contributed by atoms with Gasteiger partial charge in [-0.25, -0.2) is 8.42 Å². The van der Waals surface area contributed by atoms with Gasteiger partial charge in [-0.05, 0) is 54.4 Å². The summed E-state index contributed by atoms with van der Waals surface area (Å²) in [5.41, 5.74) is 2.47. The maximum Gasteiger partial charge on any atom is 0.264 e. The van der Waals surface area contributed by atoms with Crippen LogP contribution in [0.3, 0.4) is 0 Å². The predicted octanol–water partition coefficient (Wildman–Crippen LogP) is 5.41. The van der Waals surface area contributed by atoms with Gasteiger partial charge in [-0.15, -0.1) is 0 Å². The molecule has 0 aliphatic carbocycles. The van der Waals surface area contributed by atoms with Crippen LogP contribution in [-0.2, 0) is 21.4 Å². The maximum atomic E-state index is 13.6. The lowest BCUT2D eigenvalue weighted by molar-refractivity contribution is -0.114. The standard InChI is InChI=1S/C29H26ClN3O4S/c1-21-16-17-23(18-26(21)30)33(38(36,37)24-12-6-3-7-13-24)20-28(34)32-27-15-9-8-14-25(27)29(35)31-19-22-10-4-2-5-11-22/h2-18H,19-20H2,1H3,(H,31,35)(H,32,34). The first-order valence-corrected chi connectivity index (χ1v) is 13.6. The molecule has 0 radical (unpaired) electrons. The number of nitrogens with zero attached hydrogens (tertiary/aromatic N) is 1. The third-order valence-electron chi connectivity index (χ3n) is 5.80. The fourth-order valence-electron chi connectivity index (χ4n) is 3.76. The van der Waals surface area contributed by atoms with Crippen LogP contribution < -0.4 is 14.9 Å². The van der Waals surface area contributed by atoms with Crippen molar-refractivity contribution in [1.29, 1.82) is 0 Å². The molecule has 2 amide bonds. The Morgan fingerprint density at radius 3 is 2.16 bits per heavy atom. The van der Waals surface area contributed by atoms with E-state index in [0.717, 1.165) is 15.4 Å². The Hall–Kier alpha value is -4.14. The number of rotatable bonds is 9. The molecule has 0 aliphatic heterocycles. The van der Waals surface area contributed by atoms with Crippen LogP contribution in [0.2, 0.25) is 5.02 Å². The molecule has 4 rings (SSSR count). The predicted molar refractivity (Wildman–Crippen MR) is 150 cm³/mol. The van der Waals surface area contributed by atoms with Crippen molar-refractivity contribution in [2.45, 2.75) is 18.4 Å². The summed E-state index contributed by atoms with van der Waals surface area (Å²) in [4.78, 5) is 26.1. The average Bonchev–Trinajstić information content (AvgIpc) is 2.93. The minimum absolute atomic E-state index is 0.0326. The van der Waals surface area contributed by atoms with Crippen LogP contribution in [0.1, 0.15) is 21.5 Å². The number of hydrogen-bond acceptors (Lipinski definition) is 4. The number of benzene rings is 4. The Morgan fingerprint density at radius 2 is 1.47 bits per heavy atom. The molecule has 0 heterocycles. The van der Waals surface area contributed by atoms with Crippen molar-refractivity contribution >= 4 is 44.8 Å². The van der Waals surface area contributed by atoms with Gasteiger partial charge in [0.15, 0.2) is 0 Å². The lowest BCUT2D eigenvalue weighted by atomic mass is 10.1. The fraction of sp³-hybridized carbons (Fsp3) is 0.103. The summed E-state index contributed by atoms with van der Waals surface area (Å²) in [6, 6.07) is 28.6. The summed E-state index contributed by atoms with van der Waals surface area (Å²) in [5.74, 6) is -0.992. The zero-order valence-corrected chi connectivity index (χ0v) is 22.2. The molecule has 9 heteroatoms. The highest BCUT2D eigenvalue weighted by atomic mass is 35.5. The Labute approximate surface area is 227 Å². The number of hydrogen-bond donors (Lipinski definition) is 2.